The number of hydrogen-bond donors (Lipinski definition) is 1. The number of rotatable bonds is 8. The van der Waals surface area contributed by atoms with Gasteiger partial charge in [-0.15, -0.1) is 0 Å². The van der Waals surface area contributed by atoms with Gasteiger partial charge in [0.2, 0.25) is 11.8 Å². The number of carbonyl (C=O) groups is 2. The van der Waals surface area contributed by atoms with Crippen molar-refractivity contribution < 1.29 is 19.1 Å². The summed E-state index contributed by atoms with van der Waals surface area (Å²) in [4.78, 5) is 33.2. The first-order valence-corrected chi connectivity index (χ1v) is 10.1. The number of carbonyl (C=O) groups excluding carboxylic acids is 2. The van der Waals surface area contributed by atoms with Crippen LogP contribution in [0.15, 0.2) is 30.6 Å². The topological polar surface area (TPSA) is 93.7 Å². The van der Waals surface area contributed by atoms with Crippen molar-refractivity contribution >= 4 is 29.1 Å². The molecule has 3 rings (SSSR count). The summed E-state index contributed by atoms with van der Waals surface area (Å²) in [5.41, 5.74) is 0.931. The molecule has 0 spiro atoms. The molecule has 1 aromatic carbocycles. The maximum atomic E-state index is 11.8. The van der Waals surface area contributed by atoms with E-state index in [0.29, 0.717) is 12.4 Å². The van der Waals surface area contributed by atoms with Crippen LogP contribution in [0.1, 0.15) is 31.7 Å². The van der Waals surface area contributed by atoms with E-state index in [1.807, 2.05) is 36.1 Å². The molecule has 1 aromatic heterocycles. The predicted molar refractivity (Wildman–Crippen MR) is 113 cm³/mol. The molecule has 0 bridgehead atoms. The van der Waals surface area contributed by atoms with Crippen LogP contribution >= 0.6 is 11.6 Å². The summed E-state index contributed by atoms with van der Waals surface area (Å²) in [6.07, 6.45) is 2.15. The van der Waals surface area contributed by atoms with Crippen LogP contribution in [0.25, 0.3) is 0 Å². The zero-order valence-corrected chi connectivity index (χ0v) is 18.0. The first kappa shape index (κ1) is 21.8. The van der Waals surface area contributed by atoms with Crippen molar-refractivity contribution in [3.05, 3.63) is 41.2 Å². The van der Waals surface area contributed by atoms with Gasteiger partial charge < -0.3 is 19.7 Å². The van der Waals surface area contributed by atoms with Gasteiger partial charge in [-0.25, -0.2) is 9.97 Å². The number of ketones is 1. The van der Waals surface area contributed by atoms with Gasteiger partial charge in [-0.1, -0.05) is 23.7 Å². The number of ether oxygens (including phenoxy) is 2. The van der Waals surface area contributed by atoms with Crippen molar-refractivity contribution in [3.63, 3.8) is 0 Å². The van der Waals surface area contributed by atoms with Crippen LogP contribution < -0.4 is 19.7 Å². The van der Waals surface area contributed by atoms with Crippen LogP contribution in [0.2, 0.25) is 5.02 Å². The van der Waals surface area contributed by atoms with E-state index in [9.17, 15) is 9.59 Å². The molecule has 1 aliphatic heterocycles. The third-order valence-corrected chi connectivity index (χ3v) is 5.25. The fraction of sp³-hybridized carbons (Fsp3) is 0.429. The molecule has 1 amide bonds. The van der Waals surface area contributed by atoms with Gasteiger partial charge >= 0.3 is 0 Å². The Balaban J connectivity index is 1.61. The quantitative estimate of drug-likeness (QED) is 0.685. The van der Waals surface area contributed by atoms with Gasteiger partial charge in [-0.3, -0.25) is 9.59 Å². The third kappa shape index (κ3) is 5.18. The minimum Gasteiger partial charge on any atom is -0.489 e. The number of anilines is 1. The molecule has 1 fully saturated rings. The summed E-state index contributed by atoms with van der Waals surface area (Å²) < 4.78 is 11.5. The summed E-state index contributed by atoms with van der Waals surface area (Å²) in [6, 6.07) is 7.56. The van der Waals surface area contributed by atoms with Crippen LogP contribution in [-0.2, 0) is 9.59 Å². The molecular weight excluding hydrogens is 408 g/mol. The molecule has 2 heterocycles. The third-order valence-electron chi connectivity index (χ3n) is 4.92. The molecule has 160 valence electrons. The average molecular weight is 433 g/mol. The maximum absolute atomic E-state index is 11.8. The lowest BCUT2D eigenvalue weighted by atomic mass is 10.0. The number of benzene rings is 1. The number of aromatic nitrogens is 2. The first-order chi connectivity index (χ1) is 14.4. The predicted octanol–water partition coefficient (Wildman–Crippen LogP) is 2.61. The Morgan fingerprint density at radius 3 is 2.70 bits per heavy atom. The lowest BCUT2D eigenvalue weighted by molar-refractivity contribution is -0.121. The molecule has 2 atom stereocenters. The minimum absolute atomic E-state index is 0.0246. The Morgan fingerprint density at radius 1 is 1.30 bits per heavy atom. The Morgan fingerprint density at radius 2 is 2.03 bits per heavy atom. The Hall–Kier alpha value is -2.87. The van der Waals surface area contributed by atoms with E-state index in [-0.39, 0.29) is 41.2 Å². The summed E-state index contributed by atoms with van der Waals surface area (Å²) in [6.45, 7) is 4.54. The molecule has 9 heteroatoms. The highest BCUT2D eigenvalue weighted by Gasteiger charge is 2.28. The molecule has 2 aromatic rings. The molecule has 8 nitrogen and oxygen atoms in total. The lowest BCUT2D eigenvalue weighted by Crippen LogP contribution is -2.26. The van der Waals surface area contributed by atoms with Crippen molar-refractivity contribution in [2.24, 2.45) is 0 Å². The fourth-order valence-electron chi connectivity index (χ4n) is 3.25. The van der Waals surface area contributed by atoms with Crippen LogP contribution in [-0.4, -0.2) is 54.5 Å². The van der Waals surface area contributed by atoms with Crippen LogP contribution in [0.3, 0.4) is 0 Å². The maximum Gasteiger partial charge on any atom is 0.238 e. The SMILES string of the molecule is CNC(=O)C(C)c1ccc(O[C@@H]2CCN(c3ncnc(OCC(C)=O)c3Cl)C2)cc1. The van der Waals surface area contributed by atoms with Gasteiger partial charge in [0.05, 0.1) is 12.5 Å². The molecular formula is C21H25ClN4O4. The van der Waals surface area contributed by atoms with E-state index in [1.54, 1.807) is 7.05 Å². The minimum atomic E-state index is -0.217. The second kappa shape index (κ2) is 9.75. The summed E-state index contributed by atoms with van der Waals surface area (Å²) in [5.74, 6) is 1.15. The highest BCUT2D eigenvalue weighted by Crippen LogP contribution is 2.33. The van der Waals surface area contributed by atoms with E-state index in [1.165, 1.54) is 13.3 Å². The molecule has 0 aliphatic carbocycles. The average Bonchev–Trinajstić information content (AvgIpc) is 3.20. The summed E-state index contributed by atoms with van der Waals surface area (Å²) in [7, 11) is 1.63. The number of Topliss-reactive ketones (excluding diaryl/α,β-unsaturated/α-hetero) is 1. The van der Waals surface area contributed by atoms with Gasteiger partial charge in [-0.05, 0) is 31.5 Å². The smallest absolute Gasteiger partial charge is 0.238 e. The second-order valence-electron chi connectivity index (χ2n) is 7.19. The van der Waals surface area contributed by atoms with E-state index >= 15 is 0 Å². The van der Waals surface area contributed by atoms with Gasteiger partial charge in [0.15, 0.2) is 11.6 Å². The van der Waals surface area contributed by atoms with Crippen molar-refractivity contribution in [1.82, 2.24) is 15.3 Å². The van der Waals surface area contributed by atoms with E-state index in [4.69, 9.17) is 21.1 Å². The number of amides is 1. The second-order valence-corrected chi connectivity index (χ2v) is 7.56. The van der Waals surface area contributed by atoms with Gasteiger partial charge in [0, 0.05) is 20.0 Å². The Labute approximate surface area is 180 Å². The Bertz CT molecular complexity index is 906. The van der Waals surface area contributed by atoms with Gasteiger partial charge in [-0.2, -0.15) is 0 Å². The number of likely N-dealkylation sites (N-methyl/N-ethyl adjacent to an activating group) is 1. The van der Waals surface area contributed by atoms with Crippen LogP contribution in [0, 0.1) is 0 Å². The number of hydrogen-bond acceptors (Lipinski definition) is 7. The normalized spacial score (nSPS) is 16.8. The van der Waals surface area contributed by atoms with Crippen molar-refractivity contribution in [2.75, 3.05) is 31.6 Å². The van der Waals surface area contributed by atoms with E-state index in [0.717, 1.165) is 24.3 Å². The Kier molecular flexibility index (Phi) is 7.10. The molecule has 1 saturated heterocycles. The van der Waals surface area contributed by atoms with Gasteiger partial charge in [0.25, 0.3) is 0 Å². The monoisotopic (exact) mass is 432 g/mol. The lowest BCUT2D eigenvalue weighted by Gasteiger charge is -2.20. The van der Waals surface area contributed by atoms with E-state index in [2.05, 4.69) is 15.3 Å². The van der Waals surface area contributed by atoms with Crippen molar-refractivity contribution in [2.45, 2.75) is 32.3 Å². The van der Waals surface area contributed by atoms with Gasteiger partial charge in [0.1, 0.15) is 29.8 Å². The zero-order chi connectivity index (χ0) is 21.7. The molecule has 1 unspecified atom stereocenters. The number of halogens is 1. The molecule has 1 N–H and O–H groups in total. The summed E-state index contributed by atoms with van der Waals surface area (Å²) in [5, 5.41) is 2.94. The highest BCUT2D eigenvalue weighted by molar-refractivity contribution is 6.34. The van der Waals surface area contributed by atoms with Crippen molar-refractivity contribution in [1.29, 1.82) is 0 Å². The summed E-state index contributed by atoms with van der Waals surface area (Å²) >= 11 is 6.39. The molecule has 30 heavy (non-hydrogen) atoms. The number of nitrogens with one attached hydrogen (secondary N) is 1. The fourth-order valence-corrected chi connectivity index (χ4v) is 3.52. The molecule has 0 radical (unpaired) electrons. The first-order valence-electron chi connectivity index (χ1n) is 9.75. The standard InChI is InChI=1S/C21H25ClN4O4/c1-13(27)11-29-21-18(22)19(24-12-25-21)26-9-8-17(10-26)30-16-6-4-15(5-7-16)14(2)20(28)23-3/h4-7,12,14,17H,8-11H2,1-3H3,(H,23,28)/t14?,17-/m1/s1. The van der Waals surface area contributed by atoms with Crippen LogP contribution in [0.4, 0.5) is 5.82 Å². The zero-order valence-electron chi connectivity index (χ0n) is 17.2. The molecule has 0 saturated carbocycles. The van der Waals surface area contributed by atoms with Crippen LogP contribution in [0.5, 0.6) is 11.6 Å². The van der Waals surface area contributed by atoms with Crippen molar-refractivity contribution in [3.8, 4) is 11.6 Å². The van der Waals surface area contributed by atoms with E-state index < -0.39 is 0 Å². The largest absolute Gasteiger partial charge is 0.489 e. The number of nitrogens with zero attached hydrogens (tertiary/aromatic N) is 3. The molecule has 1 aliphatic rings. The highest BCUT2D eigenvalue weighted by atomic mass is 35.5.